The summed E-state index contributed by atoms with van der Waals surface area (Å²) in [5, 5.41) is 18.9. The van der Waals surface area contributed by atoms with Gasteiger partial charge in [0.05, 0.1) is 26.4 Å². The highest BCUT2D eigenvalue weighted by Crippen LogP contribution is 2.24. The van der Waals surface area contributed by atoms with Gasteiger partial charge in [0.2, 0.25) is 0 Å². The third kappa shape index (κ3) is 4.43. The first-order valence-corrected chi connectivity index (χ1v) is 7.89. The number of anilines is 1. The lowest BCUT2D eigenvalue weighted by atomic mass is 9.92. The van der Waals surface area contributed by atoms with E-state index in [1.54, 1.807) is 0 Å². The topological polar surface area (TPSA) is 56.2 Å². The summed E-state index contributed by atoms with van der Waals surface area (Å²) in [7, 11) is 2.03. The molecule has 1 fully saturated rings. The minimum absolute atomic E-state index is 0.0149. The summed E-state index contributed by atoms with van der Waals surface area (Å²) in [4.78, 5) is 4.52. The molecule has 22 heavy (non-hydrogen) atoms. The Kier molecular flexibility index (Phi) is 6.20. The summed E-state index contributed by atoms with van der Waals surface area (Å²) >= 11 is 0. The lowest BCUT2D eigenvalue weighted by molar-refractivity contribution is 0.0402. The number of rotatable bonds is 7. The molecule has 5 heteroatoms. The lowest BCUT2D eigenvalue weighted by Crippen LogP contribution is -2.39. The van der Waals surface area contributed by atoms with Crippen molar-refractivity contribution in [1.82, 2.24) is 4.90 Å². The number of nitrogens with zero attached hydrogens (tertiary/aromatic N) is 2. The molecule has 0 radical (unpaired) electrons. The fourth-order valence-corrected chi connectivity index (χ4v) is 2.91. The van der Waals surface area contributed by atoms with E-state index in [1.165, 1.54) is 11.3 Å². The van der Waals surface area contributed by atoms with Crippen molar-refractivity contribution in [1.29, 1.82) is 0 Å². The number of hydrogen-bond acceptors (Lipinski definition) is 5. The van der Waals surface area contributed by atoms with Gasteiger partial charge in [-0.2, -0.15) is 0 Å². The van der Waals surface area contributed by atoms with Gasteiger partial charge < -0.3 is 24.7 Å². The minimum Gasteiger partial charge on any atom is -0.396 e. The number of aliphatic hydroxyl groups excluding tert-OH is 2. The Hall–Kier alpha value is -1.14. The van der Waals surface area contributed by atoms with Gasteiger partial charge in [-0.15, -0.1) is 0 Å². The fourth-order valence-electron chi connectivity index (χ4n) is 2.91. The number of benzene rings is 1. The van der Waals surface area contributed by atoms with Gasteiger partial charge in [-0.1, -0.05) is 25.1 Å². The molecule has 0 bridgehead atoms. The monoisotopic (exact) mass is 308 g/mol. The molecule has 1 aromatic carbocycles. The van der Waals surface area contributed by atoms with Crippen molar-refractivity contribution in [3.8, 4) is 0 Å². The third-order valence-electron chi connectivity index (χ3n) is 4.20. The number of hydrogen-bond donors (Lipinski definition) is 2. The first-order chi connectivity index (χ1) is 10.6. The molecule has 0 amide bonds. The maximum Gasteiger partial charge on any atom is 0.0642 e. The Morgan fingerprint density at radius 3 is 2.45 bits per heavy atom. The van der Waals surface area contributed by atoms with Crippen molar-refractivity contribution in [2.45, 2.75) is 13.5 Å². The van der Waals surface area contributed by atoms with Crippen molar-refractivity contribution >= 4 is 5.69 Å². The lowest BCUT2D eigenvalue weighted by Gasteiger charge is -2.33. The number of morpholine rings is 1. The molecule has 2 rings (SSSR count). The Morgan fingerprint density at radius 1 is 1.18 bits per heavy atom. The first-order valence-electron chi connectivity index (χ1n) is 7.89. The normalized spacial score (nSPS) is 16.3. The zero-order chi connectivity index (χ0) is 16.0. The number of aliphatic hydroxyl groups is 2. The fraction of sp³-hybridized carbons (Fsp3) is 0.647. The quantitative estimate of drug-likeness (QED) is 0.785. The SMILES string of the molecule is CN(Cc1ccccc1N1CCOCC1)CC(C)(CO)CO. The predicted octanol–water partition coefficient (Wildman–Crippen LogP) is 0.946. The summed E-state index contributed by atoms with van der Waals surface area (Å²) in [5.41, 5.74) is 2.06. The molecular formula is C17H28N2O3. The van der Waals surface area contributed by atoms with Crippen molar-refractivity contribution in [3.63, 3.8) is 0 Å². The molecule has 1 aliphatic heterocycles. The van der Waals surface area contributed by atoms with E-state index in [1.807, 2.05) is 14.0 Å². The molecule has 0 aromatic heterocycles. The largest absolute Gasteiger partial charge is 0.396 e. The Balaban J connectivity index is 2.05. The van der Waals surface area contributed by atoms with E-state index in [2.05, 4.69) is 34.1 Å². The van der Waals surface area contributed by atoms with Crippen LogP contribution in [0.2, 0.25) is 0 Å². The molecule has 0 atom stereocenters. The van der Waals surface area contributed by atoms with Crippen LogP contribution < -0.4 is 4.90 Å². The highest BCUT2D eigenvalue weighted by atomic mass is 16.5. The molecule has 1 saturated heterocycles. The minimum atomic E-state index is -0.470. The number of ether oxygens (including phenoxy) is 1. The second kappa shape index (κ2) is 7.92. The van der Waals surface area contributed by atoms with Crippen molar-refractivity contribution in [2.75, 3.05) is 58.0 Å². The molecule has 0 spiro atoms. The summed E-state index contributed by atoms with van der Waals surface area (Å²) in [5.74, 6) is 0. The zero-order valence-electron chi connectivity index (χ0n) is 13.7. The molecule has 1 aliphatic rings. The van der Waals surface area contributed by atoms with E-state index in [0.29, 0.717) is 6.54 Å². The summed E-state index contributed by atoms with van der Waals surface area (Å²) in [6.45, 7) is 6.71. The van der Waals surface area contributed by atoms with Gasteiger partial charge in [0.15, 0.2) is 0 Å². The van der Waals surface area contributed by atoms with E-state index in [0.717, 1.165) is 32.8 Å². The van der Waals surface area contributed by atoms with Gasteiger partial charge in [-0.25, -0.2) is 0 Å². The van der Waals surface area contributed by atoms with Crippen LogP contribution in [0, 0.1) is 5.41 Å². The maximum absolute atomic E-state index is 9.45. The number of para-hydroxylation sites is 1. The van der Waals surface area contributed by atoms with Crippen LogP contribution in [0.1, 0.15) is 12.5 Å². The average molecular weight is 308 g/mol. The zero-order valence-corrected chi connectivity index (χ0v) is 13.7. The standard InChI is InChI=1S/C17H28N2O3/c1-17(13-20,14-21)12-18(2)11-15-5-3-4-6-16(15)19-7-9-22-10-8-19/h3-6,20-21H,7-14H2,1-2H3. The molecule has 0 unspecified atom stereocenters. The second-order valence-electron chi connectivity index (χ2n) is 6.53. The molecule has 0 aliphatic carbocycles. The van der Waals surface area contributed by atoms with Crippen LogP contribution in [0.4, 0.5) is 5.69 Å². The summed E-state index contributed by atoms with van der Waals surface area (Å²) in [6, 6.07) is 8.44. The van der Waals surface area contributed by atoms with E-state index < -0.39 is 5.41 Å². The van der Waals surface area contributed by atoms with E-state index in [9.17, 15) is 10.2 Å². The predicted molar refractivity (Wildman–Crippen MR) is 88.1 cm³/mol. The molecule has 1 heterocycles. The van der Waals surface area contributed by atoms with Crippen molar-refractivity contribution in [3.05, 3.63) is 29.8 Å². The van der Waals surface area contributed by atoms with Crippen LogP contribution in [0.25, 0.3) is 0 Å². The van der Waals surface area contributed by atoms with Crippen LogP contribution in [-0.2, 0) is 11.3 Å². The summed E-state index contributed by atoms with van der Waals surface area (Å²) in [6.07, 6.45) is 0. The van der Waals surface area contributed by atoms with Gasteiger partial charge in [0.25, 0.3) is 0 Å². The van der Waals surface area contributed by atoms with Gasteiger partial charge in [0, 0.05) is 37.3 Å². The van der Waals surface area contributed by atoms with Crippen LogP contribution in [0.3, 0.4) is 0 Å². The van der Waals surface area contributed by atoms with Crippen molar-refractivity contribution < 1.29 is 14.9 Å². The van der Waals surface area contributed by atoms with Gasteiger partial charge in [0.1, 0.15) is 0 Å². The Bertz CT molecular complexity index is 457. The van der Waals surface area contributed by atoms with E-state index in [4.69, 9.17) is 4.74 Å². The van der Waals surface area contributed by atoms with E-state index >= 15 is 0 Å². The maximum atomic E-state index is 9.45. The highest BCUT2D eigenvalue weighted by Gasteiger charge is 2.25. The molecule has 5 nitrogen and oxygen atoms in total. The van der Waals surface area contributed by atoms with E-state index in [-0.39, 0.29) is 13.2 Å². The van der Waals surface area contributed by atoms with Gasteiger partial charge in [-0.05, 0) is 18.7 Å². The molecular weight excluding hydrogens is 280 g/mol. The van der Waals surface area contributed by atoms with Crippen LogP contribution >= 0.6 is 0 Å². The molecule has 2 N–H and O–H groups in total. The van der Waals surface area contributed by atoms with Crippen LogP contribution in [0.15, 0.2) is 24.3 Å². The Labute approximate surface area is 133 Å². The Morgan fingerprint density at radius 2 is 1.82 bits per heavy atom. The molecule has 1 aromatic rings. The van der Waals surface area contributed by atoms with Gasteiger partial charge in [-0.3, -0.25) is 0 Å². The first kappa shape index (κ1) is 17.2. The van der Waals surface area contributed by atoms with Crippen LogP contribution in [0.5, 0.6) is 0 Å². The summed E-state index contributed by atoms with van der Waals surface area (Å²) < 4.78 is 5.43. The third-order valence-corrected chi connectivity index (χ3v) is 4.20. The average Bonchev–Trinajstić information content (AvgIpc) is 2.56. The van der Waals surface area contributed by atoms with Crippen LogP contribution in [-0.4, -0.2) is 68.2 Å². The molecule has 0 saturated carbocycles. The highest BCUT2D eigenvalue weighted by molar-refractivity contribution is 5.53. The van der Waals surface area contributed by atoms with Gasteiger partial charge >= 0.3 is 0 Å². The smallest absolute Gasteiger partial charge is 0.0642 e. The second-order valence-corrected chi connectivity index (χ2v) is 6.53. The van der Waals surface area contributed by atoms with Crippen molar-refractivity contribution in [2.24, 2.45) is 5.41 Å². The molecule has 124 valence electrons.